The molecule has 0 bridgehead atoms. The molecule has 1 aliphatic rings. The molecule has 5 nitrogen and oxygen atoms in total. The van der Waals surface area contributed by atoms with Gasteiger partial charge in [0.25, 0.3) is 5.91 Å². The average Bonchev–Trinajstić information content (AvgIpc) is 3.34. The first kappa shape index (κ1) is 16.6. The van der Waals surface area contributed by atoms with E-state index in [4.69, 9.17) is 0 Å². The fraction of sp³-hybridized carbons (Fsp3) is 0.333. The molecule has 3 aromatic rings. The first-order chi connectivity index (χ1) is 12.5. The van der Waals surface area contributed by atoms with Gasteiger partial charge in [-0.3, -0.25) is 9.48 Å². The maximum atomic E-state index is 13.1. The number of likely N-dealkylation sites (tertiary alicyclic amines) is 1. The molecule has 0 radical (unpaired) electrons. The minimum absolute atomic E-state index is 0.0960. The Bertz CT molecular complexity index is 938. The van der Waals surface area contributed by atoms with E-state index in [1.54, 1.807) is 0 Å². The lowest BCUT2D eigenvalue weighted by atomic mass is 10.2. The molecule has 2 aromatic heterocycles. The highest BCUT2D eigenvalue weighted by Crippen LogP contribution is 2.26. The van der Waals surface area contributed by atoms with Gasteiger partial charge in [0.2, 0.25) is 0 Å². The van der Waals surface area contributed by atoms with Gasteiger partial charge in [-0.15, -0.1) is 0 Å². The molecule has 1 aromatic carbocycles. The zero-order chi connectivity index (χ0) is 18.3. The standard InChI is InChI=1S/C21H24N4O/c1-15-13-16(2)25(22-15)18-11-12-24(14-18)21(26)20-10-9-19(23(20)3)17-7-5-4-6-8-17/h4-10,13,18H,11-12,14H2,1-3H3/t18-/m0/s1. The predicted octanol–water partition coefficient (Wildman–Crippen LogP) is 3.59. The zero-order valence-electron chi connectivity index (χ0n) is 15.5. The molecule has 1 atom stereocenters. The summed E-state index contributed by atoms with van der Waals surface area (Å²) in [5, 5.41) is 4.59. The van der Waals surface area contributed by atoms with E-state index in [0.29, 0.717) is 6.54 Å². The van der Waals surface area contributed by atoms with Crippen LogP contribution in [0.4, 0.5) is 0 Å². The number of rotatable bonds is 3. The number of aryl methyl sites for hydroxylation is 2. The fourth-order valence-corrected chi connectivity index (χ4v) is 3.93. The summed E-state index contributed by atoms with van der Waals surface area (Å²) in [4.78, 5) is 15.0. The van der Waals surface area contributed by atoms with Gasteiger partial charge in [0.1, 0.15) is 5.69 Å². The van der Waals surface area contributed by atoms with Crippen LogP contribution in [0, 0.1) is 13.8 Å². The Morgan fingerprint density at radius 2 is 1.88 bits per heavy atom. The van der Waals surface area contributed by atoms with E-state index in [-0.39, 0.29) is 11.9 Å². The van der Waals surface area contributed by atoms with Crippen LogP contribution in [0.1, 0.15) is 34.3 Å². The Balaban J connectivity index is 1.54. The van der Waals surface area contributed by atoms with Gasteiger partial charge in [0, 0.05) is 31.5 Å². The number of carbonyl (C=O) groups is 1. The normalized spacial score (nSPS) is 17.0. The lowest BCUT2D eigenvalue weighted by molar-refractivity contribution is 0.0777. The van der Waals surface area contributed by atoms with Crippen molar-refractivity contribution in [2.75, 3.05) is 13.1 Å². The Hall–Kier alpha value is -2.82. The fourth-order valence-electron chi connectivity index (χ4n) is 3.93. The Labute approximate surface area is 153 Å². The number of hydrogen-bond donors (Lipinski definition) is 0. The summed E-state index contributed by atoms with van der Waals surface area (Å²) >= 11 is 0. The third kappa shape index (κ3) is 2.83. The minimum atomic E-state index is 0.0960. The molecule has 0 spiro atoms. The van der Waals surface area contributed by atoms with Crippen LogP contribution in [-0.2, 0) is 7.05 Å². The first-order valence-corrected chi connectivity index (χ1v) is 9.08. The molecule has 0 saturated carbocycles. The van der Waals surface area contributed by atoms with Crippen LogP contribution in [0.2, 0.25) is 0 Å². The summed E-state index contributed by atoms with van der Waals surface area (Å²) in [7, 11) is 1.96. The molecular weight excluding hydrogens is 324 g/mol. The smallest absolute Gasteiger partial charge is 0.270 e. The monoisotopic (exact) mass is 348 g/mol. The molecule has 4 rings (SSSR count). The van der Waals surface area contributed by atoms with Gasteiger partial charge >= 0.3 is 0 Å². The van der Waals surface area contributed by atoms with E-state index in [0.717, 1.165) is 41.3 Å². The summed E-state index contributed by atoms with van der Waals surface area (Å²) in [6, 6.07) is 16.5. The van der Waals surface area contributed by atoms with E-state index in [1.165, 1.54) is 0 Å². The van der Waals surface area contributed by atoms with Crippen LogP contribution < -0.4 is 0 Å². The van der Waals surface area contributed by atoms with E-state index >= 15 is 0 Å². The lowest BCUT2D eigenvalue weighted by Crippen LogP contribution is -2.30. The SMILES string of the molecule is Cc1cc(C)n([C@H]2CCN(C(=O)c3ccc(-c4ccccc4)n3C)C2)n1. The molecule has 1 saturated heterocycles. The van der Waals surface area contributed by atoms with E-state index < -0.39 is 0 Å². The summed E-state index contributed by atoms with van der Waals surface area (Å²) in [6.45, 7) is 5.57. The molecule has 1 amide bonds. The van der Waals surface area contributed by atoms with Crippen molar-refractivity contribution in [3.8, 4) is 11.3 Å². The molecule has 134 valence electrons. The summed E-state index contributed by atoms with van der Waals surface area (Å²) in [6.07, 6.45) is 0.948. The minimum Gasteiger partial charge on any atom is -0.340 e. The summed E-state index contributed by atoms with van der Waals surface area (Å²) in [5.74, 6) is 0.0960. The van der Waals surface area contributed by atoms with Crippen molar-refractivity contribution >= 4 is 5.91 Å². The van der Waals surface area contributed by atoms with Crippen molar-refractivity contribution < 1.29 is 4.79 Å². The predicted molar refractivity (Wildman–Crippen MR) is 102 cm³/mol. The van der Waals surface area contributed by atoms with Gasteiger partial charge in [0.05, 0.1) is 11.7 Å². The molecule has 0 unspecified atom stereocenters. The van der Waals surface area contributed by atoms with Crippen molar-refractivity contribution in [3.05, 3.63) is 65.6 Å². The van der Waals surface area contributed by atoms with Gasteiger partial charge in [-0.1, -0.05) is 30.3 Å². The maximum Gasteiger partial charge on any atom is 0.270 e. The number of benzene rings is 1. The van der Waals surface area contributed by atoms with Crippen molar-refractivity contribution in [1.29, 1.82) is 0 Å². The summed E-state index contributed by atoms with van der Waals surface area (Å²) in [5.41, 5.74) is 5.10. The van der Waals surface area contributed by atoms with Gasteiger partial charge in [0.15, 0.2) is 0 Å². The third-order valence-corrected chi connectivity index (χ3v) is 5.25. The largest absolute Gasteiger partial charge is 0.340 e. The van der Waals surface area contributed by atoms with Crippen LogP contribution in [-0.4, -0.2) is 38.2 Å². The van der Waals surface area contributed by atoms with Gasteiger partial charge in [-0.2, -0.15) is 5.10 Å². The maximum absolute atomic E-state index is 13.1. The Morgan fingerprint density at radius 1 is 1.12 bits per heavy atom. The van der Waals surface area contributed by atoms with Gasteiger partial charge in [-0.05, 0) is 44.0 Å². The number of amides is 1. The molecule has 5 heteroatoms. The van der Waals surface area contributed by atoms with Crippen LogP contribution in [0.15, 0.2) is 48.5 Å². The van der Waals surface area contributed by atoms with Crippen LogP contribution in [0.25, 0.3) is 11.3 Å². The van der Waals surface area contributed by atoms with E-state index in [9.17, 15) is 4.79 Å². The molecular formula is C21H24N4O. The van der Waals surface area contributed by atoms with Gasteiger partial charge < -0.3 is 9.47 Å². The average molecular weight is 348 g/mol. The first-order valence-electron chi connectivity index (χ1n) is 9.08. The molecule has 0 aliphatic carbocycles. The van der Waals surface area contributed by atoms with Crippen LogP contribution in [0.5, 0.6) is 0 Å². The van der Waals surface area contributed by atoms with Crippen LogP contribution in [0.3, 0.4) is 0 Å². The molecule has 0 N–H and O–H groups in total. The van der Waals surface area contributed by atoms with E-state index in [2.05, 4.69) is 34.9 Å². The molecule has 1 fully saturated rings. The van der Waals surface area contributed by atoms with Crippen LogP contribution >= 0.6 is 0 Å². The third-order valence-electron chi connectivity index (χ3n) is 5.25. The quantitative estimate of drug-likeness (QED) is 0.726. The van der Waals surface area contributed by atoms with Crippen molar-refractivity contribution in [1.82, 2.24) is 19.2 Å². The van der Waals surface area contributed by atoms with Gasteiger partial charge in [-0.25, -0.2) is 0 Å². The van der Waals surface area contributed by atoms with Crippen molar-refractivity contribution in [2.24, 2.45) is 7.05 Å². The highest BCUT2D eigenvalue weighted by Gasteiger charge is 2.30. The topological polar surface area (TPSA) is 43.1 Å². The number of nitrogens with zero attached hydrogens (tertiary/aromatic N) is 4. The molecule has 3 heterocycles. The number of hydrogen-bond acceptors (Lipinski definition) is 2. The second-order valence-corrected chi connectivity index (χ2v) is 7.09. The van der Waals surface area contributed by atoms with Crippen molar-refractivity contribution in [3.63, 3.8) is 0 Å². The molecule has 1 aliphatic heterocycles. The molecule has 26 heavy (non-hydrogen) atoms. The lowest BCUT2D eigenvalue weighted by Gasteiger charge is -2.18. The highest BCUT2D eigenvalue weighted by molar-refractivity contribution is 5.94. The number of aromatic nitrogens is 3. The van der Waals surface area contributed by atoms with Crippen molar-refractivity contribution in [2.45, 2.75) is 26.3 Å². The second kappa shape index (κ2) is 6.48. The Morgan fingerprint density at radius 3 is 2.58 bits per heavy atom. The number of carbonyl (C=O) groups excluding carboxylic acids is 1. The zero-order valence-corrected chi connectivity index (χ0v) is 15.5. The highest BCUT2D eigenvalue weighted by atomic mass is 16.2. The van der Waals surface area contributed by atoms with E-state index in [1.807, 2.05) is 53.8 Å². The summed E-state index contributed by atoms with van der Waals surface area (Å²) < 4.78 is 4.07. The Kier molecular flexibility index (Phi) is 4.15. The second-order valence-electron chi connectivity index (χ2n) is 7.09.